The maximum Gasteiger partial charge on any atom is 0.228 e. The number of piperidine rings is 1. The highest BCUT2D eigenvalue weighted by atomic mass is 16.3. The first-order valence-electron chi connectivity index (χ1n) is 16.1. The van der Waals surface area contributed by atoms with Gasteiger partial charge in [0, 0.05) is 78.0 Å². The first-order chi connectivity index (χ1) is 21.6. The summed E-state index contributed by atoms with van der Waals surface area (Å²) in [4.78, 5) is 53.8. The molecule has 0 unspecified atom stereocenters. The van der Waals surface area contributed by atoms with Gasteiger partial charge in [-0.1, -0.05) is 18.2 Å². The van der Waals surface area contributed by atoms with Crippen molar-refractivity contribution in [3.8, 4) is 11.3 Å². The predicted octanol–water partition coefficient (Wildman–Crippen LogP) is 5.45. The number of carbonyl (C=O) groups is 3. The van der Waals surface area contributed by atoms with E-state index in [2.05, 4.69) is 33.5 Å². The van der Waals surface area contributed by atoms with Gasteiger partial charge in [0.25, 0.3) is 0 Å². The van der Waals surface area contributed by atoms with Gasteiger partial charge in [0.15, 0.2) is 0 Å². The van der Waals surface area contributed by atoms with E-state index >= 15 is 0 Å². The maximum absolute atomic E-state index is 14.6. The Balaban J connectivity index is 1.33. The molecule has 0 saturated carbocycles. The number of fused-ring (bicyclic) bond motifs is 5. The molecule has 1 saturated heterocycles. The molecule has 2 aliphatic heterocycles. The molecule has 9 heteroatoms. The van der Waals surface area contributed by atoms with Crippen LogP contribution in [0.25, 0.3) is 22.2 Å². The molecule has 6 rings (SSSR count). The van der Waals surface area contributed by atoms with E-state index in [-0.39, 0.29) is 36.2 Å². The van der Waals surface area contributed by atoms with Gasteiger partial charge in [-0.25, -0.2) is 0 Å². The highest BCUT2D eigenvalue weighted by molar-refractivity contribution is 5.94. The fourth-order valence-corrected chi connectivity index (χ4v) is 7.64. The SMILES string of the molecule is CC(C)N(C(=O)[C@H]1C[C@H](CC(=O)NCCc2ccccn2)C(=O)N2CCc3c([nH]c4cc(-c5ccco5)ccc34)[C@]12C)C(C)C. The van der Waals surface area contributed by atoms with Gasteiger partial charge in [-0.15, -0.1) is 0 Å². The van der Waals surface area contributed by atoms with Crippen LogP contribution < -0.4 is 5.32 Å². The number of furan rings is 1. The van der Waals surface area contributed by atoms with Crippen molar-refractivity contribution < 1.29 is 18.8 Å². The molecule has 1 aromatic carbocycles. The van der Waals surface area contributed by atoms with E-state index in [4.69, 9.17) is 4.42 Å². The molecule has 3 aromatic heterocycles. The number of hydrogen-bond acceptors (Lipinski definition) is 5. The molecule has 2 N–H and O–H groups in total. The minimum Gasteiger partial charge on any atom is -0.464 e. The second kappa shape index (κ2) is 12.2. The van der Waals surface area contributed by atoms with Crippen molar-refractivity contribution in [3.05, 3.63) is 77.9 Å². The van der Waals surface area contributed by atoms with Crippen molar-refractivity contribution in [3.63, 3.8) is 0 Å². The van der Waals surface area contributed by atoms with Crippen molar-refractivity contribution in [1.82, 2.24) is 25.1 Å². The fraction of sp³-hybridized carbons (Fsp3) is 0.444. The molecule has 236 valence electrons. The van der Waals surface area contributed by atoms with Crippen LogP contribution in [0.2, 0.25) is 0 Å². The predicted molar refractivity (Wildman–Crippen MR) is 173 cm³/mol. The molecule has 0 spiro atoms. The number of amides is 3. The lowest BCUT2D eigenvalue weighted by Crippen LogP contribution is -2.65. The molecule has 5 heterocycles. The van der Waals surface area contributed by atoms with Crippen LogP contribution in [0.1, 0.15) is 64.4 Å². The van der Waals surface area contributed by atoms with Crippen molar-refractivity contribution in [2.45, 2.75) is 77.9 Å². The number of benzene rings is 1. The van der Waals surface area contributed by atoms with Gasteiger partial charge in [0.1, 0.15) is 5.76 Å². The second-order valence-corrected chi connectivity index (χ2v) is 13.1. The lowest BCUT2D eigenvalue weighted by molar-refractivity contribution is -0.166. The largest absolute Gasteiger partial charge is 0.464 e. The van der Waals surface area contributed by atoms with E-state index in [0.717, 1.165) is 39.2 Å². The fourth-order valence-electron chi connectivity index (χ4n) is 7.64. The van der Waals surface area contributed by atoms with Crippen LogP contribution in [0.4, 0.5) is 0 Å². The third kappa shape index (κ3) is 5.53. The zero-order chi connectivity index (χ0) is 31.9. The number of pyridine rings is 1. The number of carbonyl (C=O) groups excluding carboxylic acids is 3. The molecule has 45 heavy (non-hydrogen) atoms. The molecule has 9 nitrogen and oxygen atoms in total. The van der Waals surface area contributed by atoms with Gasteiger partial charge in [0.05, 0.1) is 17.7 Å². The first kappa shape index (κ1) is 30.6. The van der Waals surface area contributed by atoms with E-state index in [0.29, 0.717) is 32.4 Å². The number of rotatable bonds is 9. The van der Waals surface area contributed by atoms with Crippen LogP contribution in [0.15, 0.2) is 65.4 Å². The molecule has 4 aromatic rings. The van der Waals surface area contributed by atoms with Crippen LogP contribution in [0, 0.1) is 11.8 Å². The van der Waals surface area contributed by atoms with Crippen molar-refractivity contribution in [1.29, 1.82) is 0 Å². The highest BCUT2D eigenvalue weighted by Crippen LogP contribution is 2.50. The topological polar surface area (TPSA) is 112 Å². The molecule has 0 radical (unpaired) electrons. The van der Waals surface area contributed by atoms with Gasteiger partial charge in [-0.3, -0.25) is 19.4 Å². The summed E-state index contributed by atoms with van der Waals surface area (Å²) in [7, 11) is 0. The van der Waals surface area contributed by atoms with E-state index in [9.17, 15) is 14.4 Å². The molecule has 0 aliphatic carbocycles. The van der Waals surface area contributed by atoms with Gasteiger partial charge in [-0.2, -0.15) is 0 Å². The molecular weight excluding hydrogens is 566 g/mol. The summed E-state index contributed by atoms with van der Waals surface area (Å²) in [6.07, 6.45) is 5.03. The number of hydrogen-bond donors (Lipinski definition) is 2. The number of nitrogens with zero attached hydrogens (tertiary/aromatic N) is 3. The summed E-state index contributed by atoms with van der Waals surface area (Å²) in [6, 6.07) is 15.7. The molecule has 1 fully saturated rings. The average Bonchev–Trinajstić information content (AvgIpc) is 3.67. The number of aromatic nitrogens is 2. The zero-order valence-electron chi connectivity index (χ0n) is 26.8. The van der Waals surface area contributed by atoms with Crippen LogP contribution in [-0.4, -0.2) is 62.7 Å². The van der Waals surface area contributed by atoms with Gasteiger partial charge in [0.2, 0.25) is 17.7 Å². The smallest absolute Gasteiger partial charge is 0.228 e. The molecular formula is C36H43N5O4. The quantitative estimate of drug-likeness (QED) is 0.262. The van der Waals surface area contributed by atoms with Gasteiger partial charge >= 0.3 is 0 Å². The lowest BCUT2D eigenvalue weighted by Gasteiger charge is -2.54. The molecule has 0 bridgehead atoms. The van der Waals surface area contributed by atoms with Crippen molar-refractivity contribution in [2.24, 2.45) is 11.8 Å². The summed E-state index contributed by atoms with van der Waals surface area (Å²) in [5.74, 6) is -0.560. The second-order valence-electron chi connectivity index (χ2n) is 13.1. The first-order valence-corrected chi connectivity index (χ1v) is 16.1. The Morgan fingerprint density at radius 3 is 2.62 bits per heavy atom. The van der Waals surface area contributed by atoms with E-state index in [1.807, 2.05) is 74.8 Å². The minimum absolute atomic E-state index is 0.0119. The summed E-state index contributed by atoms with van der Waals surface area (Å²) >= 11 is 0. The number of H-pyrrole nitrogens is 1. The Morgan fingerprint density at radius 1 is 1.13 bits per heavy atom. The van der Waals surface area contributed by atoms with E-state index in [1.54, 1.807) is 12.5 Å². The minimum atomic E-state index is -0.889. The van der Waals surface area contributed by atoms with Crippen LogP contribution in [-0.2, 0) is 32.8 Å². The lowest BCUT2D eigenvalue weighted by atomic mass is 9.67. The molecule has 3 atom stereocenters. The Hall–Kier alpha value is -4.40. The van der Waals surface area contributed by atoms with Crippen LogP contribution in [0.3, 0.4) is 0 Å². The summed E-state index contributed by atoms with van der Waals surface area (Å²) in [5.41, 5.74) is 3.98. The molecule has 3 amide bonds. The molecule has 2 aliphatic rings. The van der Waals surface area contributed by atoms with Crippen molar-refractivity contribution in [2.75, 3.05) is 13.1 Å². The Labute approximate surface area is 264 Å². The standard InChI is InChI=1S/C36H43N5O4/c1-22(2)41(23(3)4)35(44)29-19-25(21-32(42)38-16-13-26-9-6-7-15-37-26)34(43)40-17-14-28-27-12-11-24(31-10-8-18-45-31)20-30(27)39-33(28)36(29,40)5/h6-12,15,18,20,22-23,25,29,39H,13-14,16-17,19,21H2,1-5H3,(H,38,42)/t25-,29-,36+/m1/s1. The summed E-state index contributed by atoms with van der Waals surface area (Å²) in [6.45, 7) is 11.1. The Kier molecular flexibility index (Phi) is 8.29. The van der Waals surface area contributed by atoms with E-state index in [1.165, 1.54) is 0 Å². The third-order valence-corrected chi connectivity index (χ3v) is 9.70. The maximum atomic E-state index is 14.6. The van der Waals surface area contributed by atoms with Gasteiger partial charge < -0.3 is 24.5 Å². The third-order valence-electron chi connectivity index (χ3n) is 9.70. The normalized spacial score (nSPS) is 21.2. The number of nitrogens with one attached hydrogen (secondary N) is 2. The number of aromatic amines is 1. The van der Waals surface area contributed by atoms with E-state index < -0.39 is 17.4 Å². The summed E-state index contributed by atoms with van der Waals surface area (Å²) in [5, 5.41) is 4.07. The Bertz CT molecular complexity index is 1690. The van der Waals surface area contributed by atoms with Crippen molar-refractivity contribution >= 4 is 28.6 Å². The monoisotopic (exact) mass is 609 g/mol. The Morgan fingerprint density at radius 2 is 1.93 bits per heavy atom. The van der Waals surface area contributed by atoms with Crippen LogP contribution >= 0.6 is 0 Å². The zero-order valence-corrected chi connectivity index (χ0v) is 26.8. The summed E-state index contributed by atoms with van der Waals surface area (Å²) < 4.78 is 5.65. The van der Waals surface area contributed by atoms with Crippen LogP contribution in [0.5, 0.6) is 0 Å². The average molecular weight is 610 g/mol. The van der Waals surface area contributed by atoms with Gasteiger partial charge in [-0.05, 0) is 83.4 Å². The highest BCUT2D eigenvalue weighted by Gasteiger charge is 2.57.